The number of guanidine groups is 1. The molecule has 0 aliphatic carbocycles. The minimum Gasteiger partial charge on any atom is -0.296 e. The zero-order valence-corrected chi connectivity index (χ0v) is 13.0. The lowest BCUT2D eigenvalue weighted by Gasteiger charge is -2.21. The van der Waals surface area contributed by atoms with Crippen LogP contribution < -0.4 is 10.6 Å². The average molecular weight is 325 g/mol. The fourth-order valence-electron chi connectivity index (χ4n) is 2.47. The number of hydrogen-bond donors (Lipinski definition) is 2. The number of aryl methyl sites for hydroxylation is 1. The van der Waals surface area contributed by atoms with Crippen molar-refractivity contribution in [3.8, 4) is 0 Å². The van der Waals surface area contributed by atoms with Crippen LogP contribution in [0, 0.1) is 12.7 Å². The number of nitrogens with one attached hydrogen (secondary N) is 2. The maximum atomic E-state index is 13.9. The van der Waals surface area contributed by atoms with E-state index in [-0.39, 0.29) is 24.2 Å². The maximum absolute atomic E-state index is 13.9. The molecule has 0 saturated heterocycles. The molecule has 24 heavy (non-hydrogen) atoms. The molecule has 122 valence electrons. The molecule has 0 spiro atoms. The lowest BCUT2D eigenvalue weighted by Crippen LogP contribution is -2.47. The van der Waals surface area contributed by atoms with Crippen LogP contribution in [0.3, 0.4) is 0 Å². The Balaban J connectivity index is 1.81. The molecule has 6 heteroatoms. The smallest absolute Gasteiger partial charge is 0.257 e. The molecule has 1 aliphatic heterocycles. The fraction of sp³-hybridized carbons (Fsp3) is 0.167. The number of aliphatic imine (C=N–C) groups is 1. The van der Waals surface area contributed by atoms with Crippen molar-refractivity contribution in [2.75, 3.05) is 0 Å². The largest absolute Gasteiger partial charge is 0.296 e. The van der Waals surface area contributed by atoms with Gasteiger partial charge < -0.3 is 0 Å². The Morgan fingerprint density at radius 2 is 1.92 bits per heavy atom. The molecule has 5 nitrogen and oxygen atoms in total. The highest BCUT2D eigenvalue weighted by Gasteiger charge is 2.25. The van der Waals surface area contributed by atoms with Gasteiger partial charge in [0.2, 0.25) is 11.9 Å². The third-order valence-electron chi connectivity index (χ3n) is 3.73. The maximum Gasteiger partial charge on any atom is 0.257 e. The molecule has 0 radical (unpaired) electrons. The molecule has 2 N–H and O–H groups in total. The standard InChI is InChI=1S/C18H16FN3O2/c1-11-6-8-12(9-7-11)17(24)22-18-20-15(10-16(23)21-18)13-4-2-3-5-14(13)19/h2-9,15H,10H2,1H3,(H2,20,21,22,23,24)/t15-/m0/s1. The first-order valence-corrected chi connectivity index (χ1v) is 7.53. The number of halogens is 1. The molecule has 0 fully saturated rings. The summed E-state index contributed by atoms with van der Waals surface area (Å²) >= 11 is 0. The highest BCUT2D eigenvalue weighted by molar-refractivity contribution is 6.10. The number of carbonyl (C=O) groups excluding carboxylic acids is 2. The lowest BCUT2D eigenvalue weighted by molar-refractivity contribution is -0.120. The van der Waals surface area contributed by atoms with Crippen LogP contribution >= 0.6 is 0 Å². The summed E-state index contributed by atoms with van der Waals surface area (Å²) in [5.74, 6) is -1.10. The predicted molar refractivity (Wildman–Crippen MR) is 88.0 cm³/mol. The third-order valence-corrected chi connectivity index (χ3v) is 3.73. The Bertz CT molecular complexity index is 815. The average Bonchev–Trinajstić information content (AvgIpc) is 2.55. The van der Waals surface area contributed by atoms with Crippen LogP contribution in [0.1, 0.15) is 33.9 Å². The van der Waals surface area contributed by atoms with Gasteiger partial charge in [-0.3, -0.25) is 20.2 Å². The highest BCUT2D eigenvalue weighted by Crippen LogP contribution is 2.25. The Kier molecular flexibility index (Phi) is 4.37. The van der Waals surface area contributed by atoms with Crippen molar-refractivity contribution in [2.24, 2.45) is 4.99 Å². The Morgan fingerprint density at radius 3 is 2.62 bits per heavy atom. The van der Waals surface area contributed by atoms with Crippen LogP contribution in [0.15, 0.2) is 53.5 Å². The van der Waals surface area contributed by atoms with Gasteiger partial charge in [-0.25, -0.2) is 9.38 Å². The molecular formula is C18H16FN3O2. The second-order valence-electron chi connectivity index (χ2n) is 5.59. The molecular weight excluding hydrogens is 309 g/mol. The molecule has 1 heterocycles. The summed E-state index contributed by atoms with van der Waals surface area (Å²) < 4.78 is 13.9. The van der Waals surface area contributed by atoms with E-state index in [0.717, 1.165) is 5.56 Å². The van der Waals surface area contributed by atoms with E-state index in [2.05, 4.69) is 15.6 Å². The molecule has 0 unspecified atom stereocenters. The van der Waals surface area contributed by atoms with Crippen molar-refractivity contribution in [3.63, 3.8) is 0 Å². The molecule has 3 rings (SSSR count). The van der Waals surface area contributed by atoms with Gasteiger partial charge in [-0.1, -0.05) is 35.9 Å². The van der Waals surface area contributed by atoms with E-state index in [0.29, 0.717) is 11.1 Å². The monoisotopic (exact) mass is 325 g/mol. The van der Waals surface area contributed by atoms with Crippen molar-refractivity contribution in [2.45, 2.75) is 19.4 Å². The number of amides is 2. The Labute approximate surface area is 138 Å². The second kappa shape index (κ2) is 6.62. The second-order valence-corrected chi connectivity index (χ2v) is 5.59. The van der Waals surface area contributed by atoms with E-state index < -0.39 is 11.9 Å². The van der Waals surface area contributed by atoms with E-state index in [9.17, 15) is 14.0 Å². The normalized spacial score (nSPS) is 17.0. The topological polar surface area (TPSA) is 70.6 Å². The molecule has 0 aromatic heterocycles. The van der Waals surface area contributed by atoms with E-state index in [1.807, 2.05) is 19.1 Å². The third kappa shape index (κ3) is 3.48. The van der Waals surface area contributed by atoms with Gasteiger partial charge in [0.15, 0.2) is 0 Å². The summed E-state index contributed by atoms with van der Waals surface area (Å²) in [6.07, 6.45) is 0.0326. The molecule has 2 amide bonds. The fourth-order valence-corrected chi connectivity index (χ4v) is 2.47. The number of carbonyl (C=O) groups is 2. The Hall–Kier alpha value is -3.02. The zero-order valence-electron chi connectivity index (χ0n) is 13.0. The first-order valence-electron chi connectivity index (χ1n) is 7.53. The quantitative estimate of drug-likeness (QED) is 0.890. The van der Waals surface area contributed by atoms with Crippen molar-refractivity contribution in [1.82, 2.24) is 10.6 Å². The van der Waals surface area contributed by atoms with Crippen molar-refractivity contribution in [1.29, 1.82) is 0 Å². The molecule has 1 atom stereocenters. The van der Waals surface area contributed by atoms with Gasteiger partial charge in [0.05, 0.1) is 12.5 Å². The van der Waals surface area contributed by atoms with Gasteiger partial charge in [-0.05, 0) is 25.1 Å². The van der Waals surface area contributed by atoms with Gasteiger partial charge in [-0.2, -0.15) is 0 Å². The summed E-state index contributed by atoms with van der Waals surface area (Å²) in [6.45, 7) is 1.92. The molecule has 0 saturated carbocycles. The van der Waals surface area contributed by atoms with Crippen LogP contribution in [0.25, 0.3) is 0 Å². The summed E-state index contributed by atoms with van der Waals surface area (Å²) in [6, 6.07) is 12.5. The first kappa shape index (κ1) is 15.9. The van der Waals surface area contributed by atoms with E-state index in [4.69, 9.17) is 0 Å². The lowest BCUT2D eigenvalue weighted by atomic mass is 10.0. The van der Waals surface area contributed by atoms with E-state index >= 15 is 0 Å². The molecule has 2 aromatic rings. The van der Waals surface area contributed by atoms with Gasteiger partial charge in [0.25, 0.3) is 5.91 Å². The summed E-state index contributed by atoms with van der Waals surface area (Å²) in [4.78, 5) is 28.3. The highest BCUT2D eigenvalue weighted by atomic mass is 19.1. The minimum absolute atomic E-state index is 0.0325. The van der Waals surface area contributed by atoms with Gasteiger partial charge in [0.1, 0.15) is 5.82 Å². The summed E-state index contributed by atoms with van der Waals surface area (Å²) in [5, 5.41) is 5.07. The zero-order chi connectivity index (χ0) is 17.1. The van der Waals surface area contributed by atoms with Crippen LogP contribution in [-0.2, 0) is 4.79 Å². The number of rotatable bonds is 2. The molecule has 2 aromatic carbocycles. The van der Waals surface area contributed by atoms with Crippen LogP contribution in [0.2, 0.25) is 0 Å². The molecule has 1 aliphatic rings. The van der Waals surface area contributed by atoms with E-state index in [1.54, 1.807) is 30.3 Å². The first-order chi connectivity index (χ1) is 11.5. The van der Waals surface area contributed by atoms with E-state index in [1.165, 1.54) is 6.07 Å². The van der Waals surface area contributed by atoms with Gasteiger partial charge >= 0.3 is 0 Å². The van der Waals surface area contributed by atoms with Gasteiger partial charge in [0, 0.05) is 11.1 Å². The number of hydrogen-bond acceptors (Lipinski definition) is 3. The predicted octanol–water partition coefficient (Wildman–Crippen LogP) is 2.48. The Morgan fingerprint density at radius 1 is 1.21 bits per heavy atom. The van der Waals surface area contributed by atoms with Crippen LogP contribution in [-0.4, -0.2) is 17.8 Å². The SMILES string of the molecule is Cc1ccc(C(=O)NC2=N[C@H](c3ccccc3F)CC(=O)N2)cc1. The van der Waals surface area contributed by atoms with Crippen molar-refractivity contribution >= 4 is 17.8 Å². The number of nitrogens with zero attached hydrogens (tertiary/aromatic N) is 1. The van der Waals surface area contributed by atoms with Crippen LogP contribution in [0.5, 0.6) is 0 Å². The minimum atomic E-state index is -0.659. The molecule has 0 bridgehead atoms. The summed E-state index contributed by atoms with van der Waals surface area (Å²) in [5.41, 5.74) is 1.81. The van der Waals surface area contributed by atoms with Gasteiger partial charge in [-0.15, -0.1) is 0 Å². The van der Waals surface area contributed by atoms with Crippen LogP contribution in [0.4, 0.5) is 4.39 Å². The summed E-state index contributed by atoms with van der Waals surface area (Å²) in [7, 11) is 0. The number of benzene rings is 2. The van der Waals surface area contributed by atoms with Crippen molar-refractivity contribution in [3.05, 3.63) is 71.0 Å². The van der Waals surface area contributed by atoms with Crippen molar-refractivity contribution < 1.29 is 14.0 Å².